The second-order valence-electron chi connectivity index (χ2n) is 6.94. The number of para-hydroxylation sites is 1. The zero-order chi connectivity index (χ0) is 21.0. The molecule has 0 spiro atoms. The van der Waals surface area contributed by atoms with Gasteiger partial charge in [-0.15, -0.1) is 0 Å². The van der Waals surface area contributed by atoms with Crippen molar-refractivity contribution in [3.8, 4) is 0 Å². The number of hydrogen-bond donors (Lipinski definition) is 2. The smallest absolute Gasteiger partial charge is 0.313 e. The van der Waals surface area contributed by atoms with E-state index in [1.165, 1.54) is 13.5 Å². The maximum atomic E-state index is 12.6. The van der Waals surface area contributed by atoms with Crippen molar-refractivity contribution >= 4 is 34.6 Å². The predicted molar refractivity (Wildman–Crippen MR) is 104 cm³/mol. The van der Waals surface area contributed by atoms with Crippen LogP contribution < -0.4 is 10.6 Å². The standard InChI is InChI=1S/C20H23N3O6/c1-11(2)29-20(26)12-7-8-13(9-12)22-18(24)17(27-3)19(25)23-14-5-4-6-15-16(14)21-10-28-15/h4-8,10-13,17H,9H2,1-3H3,(H,22,24)(H,23,25)/t12-,13+,17?/m1/s1. The Morgan fingerprint density at radius 1 is 1.21 bits per heavy atom. The first-order valence-corrected chi connectivity index (χ1v) is 9.24. The highest BCUT2D eigenvalue weighted by atomic mass is 16.5. The molecule has 2 aromatic rings. The molecule has 1 aliphatic rings. The molecule has 0 bridgehead atoms. The number of nitrogens with one attached hydrogen (secondary N) is 2. The van der Waals surface area contributed by atoms with Crippen LogP contribution in [0, 0.1) is 5.92 Å². The lowest BCUT2D eigenvalue weighted by Crippen LogP contribution is -2.47. The highest BCUT2D eigenvalue weighted by molar-refractivity contribution is 6.11. The van der Waals surface area contributed by atoms with Crippen LogP contribution >= 0.6 is 0 Å². The molecule has 29 heavy (non-hydrogen) atoms. The number of nitrogens with zero attached hydrogens (tertiary/aromatic N) is 1. The molecular weight excluding hydrogens is 378 g/mol. The number of benzene rings is 1. The number of ether oxygens (including phenoxy) is 2. The van der Waals surface area contributed by atoms with Gasteiger partial charge in [0.2, 0.25) is 6.10 Å². The Hall–Kier alpha value is -3.20. The minimum atomic E-state index is -1.37. The highest BCUT2D eigenvalue weighted by Crippen LogP contribution is 2.22. The number of carbonyl (C=O) groups excluding carboxylic acids is 3. The van der Waals surface area contributed by atoms with Crippen molar-refractivity contribution in [3.05, 3.63) is 36.7 Å². The molecule has 0 saturated heterocycles. The summed E-state index contributed by atoms with van der Waals surface area (Å²) < 4.78 is 15.5. The summed E-state index contributed by atoms with van der Waals surface area (Å²) in [5.74, 6) is -2.01. The molecule has 1 heterocycles. The van der Waals surface area contributed by atoms with Crippen molar-refractivity contribution in [2.45, 2.75) is 38.5 Å². The maximum Gasteiger partial charge on any atom is 0.313 e. The van der Waals surface area contributed by atoms with E-state index in [4.69, 9.17) is 13.9 Å². The van der Waals surface area contributed by atoms with Crippen molar-refractivity contribution in [3.63, 3.8) is 0 Å². The van der Waals surface area contributed by atoms with Crippen LogP contribution in [0.25, 0.3) is 11.1 Å². The average molecular weight is 401 g/mol. The number of aromatic nitrogens is 1. The molecule has 3 atom stereocenters. The number of oxazole rings is 1. The lowest BCUT2D eigenvalue weighted by Gasteiger charge is -2.19. The molecule has 9 heteroatoms. The van der Waals surface area contributed by atoms with E-state index in [2.05, 4.69) is 15.6 Å². The fourth-order valence-electron chi connectivity index (χ4n) is 3.08. The van der Waals surface area contributed by atoms with Gasteiger partial charge in [-0.25, -0.2) is 4.98 Å². The molecular formula is C20H23N3O6. The molecule has 1 aromatic heterocycles. The van der Waals surface area contributed by atoms with E-state index >= 15 is 0 Å². The van der Waals surface area contributed by atoms with Crippen LogP contribution in [0.5, 0.6) is 0 Å². The van der Waals surface area contributed by atoms with Gasteiger partial charge in [0.1, 0.15) is 5.52 Å². The van der Waals surface area contributed by atoms with E-state index in [1.807, 2.05) is 0 Å². The summed E-state index contributed by atoms with van der Waals surface area (Å²) in [4.78, 5) is 41.2. The first kappa shape index (κ1) is 20.5. The van der Waals surface area contributed by atoms with Crippen LogP contribution in [0.3, 0.4) is 0 Å². The molecule has 1 unspecified atom stereocenters. The van der Waals surface area contributed by atoms with Crippen LogP contribution in [0.2, 0.25) is 0 Å². The number of esters is 1. The second-order valence-corrected chi connectivity index (χ2v) is 6.94. The van der Waals surface area contributed by atoms with Gasteiger partial charge in [0.25, 0.3) is 11.8 Å². The summed E-state index contributed by atoms with van der Waals surface area (Å²) in [5.41, 5.74) is 1.39. The summed E-state index contributed by atoms with van der Waals surface area (Å²) in [6.07, 6.45) is 3.47. The minimum Gasteiger partial charge on any atom is -0.463 e. The largest absolute Gasteiger partial charge is 0.463 e. The van der Waals surface area contributed by atoms with Crippen molar-refractivity contribution in [2.75, 3.05) is 12.4 Å². The van der Waals surface area contributed by atoms with Gasteiger partial charge in [-0.3, -0.25) is 14.4 Å². The number of amides is 2. The number of rotatable bonds is 7. The summed E-state index contributed by atoms with van der Waals surface area (Å²) >= 11 is 0. The number of carbonyl (C=O) groups is 3. The first-order valence-electron chi connectivity index (χ1n) is 9.24. The van der Waals surface area contributed by atoms with Crippen LogP contribution in [0.15, 0.2) is 41.2 Å². The average Bonchev–Trinajstić information content (AvgIpc) is 3.31. The molecule has 0 radical (unpaired) electrons. The molecule has 2 amide bonds. The van der Waals surface area contributed by atoms with Gasteiger partial charge in [0.05, 0.1) is 17.7 Å². The van der Waals surface area contributed by atoms with E-state index in [9.17, 15) is 14.4 Å². The Balaban J connectivity index is 1.59. The number of anilines is 1. The third-order valence-corrected chi connectivity index (χ3v) is 4.40. The normalized spacial score (nSPS) is 19.3. The second kappa shape index (κ2) is 8.87. The maximum absolute atomic E-state index is 12.6. The Morgan fingerprint density at radius 2 is 2.00 bits per heavy atom. The van der Waals surface area contributed by atoms with Gasteiger partial charge in [-0.1, -0.05) is 18.2 Å². The van der Waals surface area contributed by atoms with E-state index in [-0.39, 0.29) is 12.1 Å². The van der Waals surface area contributed by atoms with Gasteiger partial charge in [-0.05, 0) is 32.4 Å². The van der Waals surface area contributed by atoms with Crippen molar-refractivity contribution in [1.82, 2.24) is 10.3 Å². The zero-order valence-corrected chi connectivity index (χ0v) is 16.4. The third-order valence-electron chi connectivity index (χ3n) is 4.40. The molecule has 9 nitrogen and oxygen atoms in total. The minimum absolute atomic E-state index is 0.208. The quantitative estimate of drug-likeness (QED) is 0.412. The molecule has 0 aliphatic heterocycles. The van der Waals surface area contributed by atoms with E-state index in [0.717, 1.165) is 0 Å². The van der Waals surface area contributed by atoms with Gasteiger partial charge in [0.15, 0.2) is 12.0 Å². The summed E-state index contributed by atoms with van der Waals surface area (Å²) in [6.45, 7) is 3.55. The molecule has 0 fully saturated rings. The first-order chi connectivity index (χ1) is 13.9. The Labute approximate surface area is 167 Å². The molecule has 1 aliphatic carbocycles. The van der Waals surface area contributed by atoms with E-state index in [1.54, 1.807) is 44.2 Å². The summed E-state index contributed by atoms with van der Waals surface area (Å²) in [7, 11) is 1.27. The topological polar surface area (TPSA) is 120 Å². The fourth-order valence-corrected chi connectivity index (χ4v) is 3.08. The predicted octanol–water partition coefficient (Wildman–Crippen LogP) is 1.79. The lowest BCUT2D eigenvalue weighted by atomic mass is 10.1. The van der Waals surface area contributed by atoms with Crippen molar-refractivity contribution < 1.29 is 28.3 Å². The lowest BCUT2D eigenvalue weighted by molar-refractivity contribution is -0.151. The highest BCUT2D eigenvalue weighted by Gasteiger charge is 2.32. The molecule has 154 valence electrons. The Bertz CT molecular complexity index is 935. The van der Waals surface area contributed by atoms with E-state index < -0.39 is 29.9 Å². The third kappa shape index (κ3) is 4.80. The van der Waals surface area contributed by atoms with Gasteiger partial charge in [0, 0.05) is 13.2 Å². The SMILES string of the molecule is COC(C(=O)Nc1cccc2ocnc12)C(=O)N[C@H]1C=C[C@@H](C(=O)OC(C)C)C1. The number of methoxy groups -OCH3 is 1. The van der Waals surface area contributed by atoms with Crippen LogP contribution in [0.4, 0.5) is 5.69 Å². The zero-order valence-electron chi connectivity index (χ0n) is 16.4. The van der Waals surface area contributed by atoms with Crippen molar-refractivity contribution in [1.29, 1.82) is 0 Å². The number of fused-ring (bicyclic) bond motifs is 1. The Kier molecular flexibility index (Phi) is 6.28. The van der Waals surface area contributed by atoms with Crippen LogP contribution in [0.1, 0.15) is 20.3 Å². The summed E-state index contributed by atoms with van der Waals surface area (Å²) in [6, 6.07) is 4.67. The van der Waals surface area contributed by atoms with Crippen LogP contribution in [-0.2, 0) is 23.9 Å². The molecule has 1 aromatic carbocycles. The van der Waals surface area contributed by atoms with Crippen LogP contribution in [-0.4, -0.2) is 48.1 Å². The monoisotopic (exact) mass is 401 g/mol. The van der Waals surface area contributed by atoms with Crippen molar-refractivity contribution in [2.24, 2.45) is 5.92 Å². The fraction of sp³-hybridized carbons (Fsp3) is 0.400. The number of hydrogen-bond acceptors (Lipinski definition) is 7. The molecule has 0 saturated carbocycles. The Morgan fingerprint density at radius 3 is 2.72 bits per heavy atom. The molecule has 3 rings (SSSR count). The summed E-state index contributed by atoms with van der Waals surface area (Å²) in [5, 5.41) is 5.35. The van der Waals surface area contributed by atoms with E-state index in [0.29, 0.717) is 23.2 Å². The van der Waals surface area contributed by atoms with Gasteiger partial charge in [-0.2, -0.15) is 0 Å². The van der Waals surface area contributed by atoms with Gasteiger partial charge >= 0.3 is 5.97 Å². The van der Waals surface area contributed by atoms with Gasteiger partial charge < -0.3 is 24.5 Å². The molecule has 2 N–H and O–H groups in total.